The molecule has 1 nitrogen and oxygen atoms in total. The normalized spacial score (nSPS) is 19.6. The third kappa shape index (κ3) is 1.20. The maximum Gasteiger partial charge on any atom is 0.0359 e. The van der Waals surface area contributed by atoms with Gasteiger partial charge in [-0.3, -0.25) is 0 Å². The Kier molecular flexibility index (Phi) is 1.70. The van der Waals surface area contributed by atoms with E-state index in [0.717, 1.165) is 0 Å². The van der Waals surface area contributed by atoms with Crippen LogP contribution in [0.4, 0.5) is 0 Å². The molecule has 1 N–H and O–H groups in total. The summed E-state index contributed by atoms with van der Waals surface area (Å²) in [6, 6.07) is 11.4. The summed E-state index contributed by atoms with van der Waals surface area (Å²) in [4.78, 5) is 3.63. The van der Waals surface area contributed by atoms with Crippen molar-refractivity contribution in [1.82, 2.24) is 4.98 Å². The fourth-order valence-corrected chi connectivity index (χ4v) is 3.52. The SMILES string of the molecule is Cc1cc2c([nH]1)C1(CC1)c1ccccc1CC2. The highest BCUT2D eigenvalue weighted by Gasteiger charge is 2.50. The van der Waals surface area contributed by atoms with E-state index in [1.807, 2.05) is 0 Å². The average Bonchev–Trinajstić information content (AvgIpc) is 3.07. The number of hydrogen-bond acceptors (Lipinski definition) is 0. The topological polar surface area (TPSA) is 15.8 Å². The second kappa shape index (κ2) is 3.04. The van der Waals surface area contributed by atoms with E-state index in [-0.39, 0.29) is 0 Å². The Morgan fingerprint density at radius 2 is 1.82 bits per heavy atom. The molecule has 1 aromatic heterocycles. The zero-order valence-corrected chi connectivity index (χ0v) is 10.2. The summed E-state index contributed by atoms with van der Waals surface area (Å²) in [5, 5.41) is 0. The molecule has 0 aliphatic heterocycles. The molecule has 2 aromatic rings. The van der Waals surface area contributed by atoms with Gasteiger partial charge in [0, 0.05) is 16.8 Å². The van der Waals surface area contributed by atoms with Crippen molar-refractivity contribution in [2.24, 2.45) is 0 Å². The van der Waals surface area contributed by atoms with Gasteiger partial charge in [0.1, 0.15) is 0 Å². The van der Waals surface area contributed by atoms with Crippen LogP contribution >= 0.6 is 0 Å². The average molecular weight is 223 g/mol. The van der Waals surface area contributed by atoms with Gasteiger partial charge in [-0.05, 0) is 55.4 Å². The number of benzene rings is 1. The van der Waals surface area contributed by atoms with Crippen molar-refractivity contribution in [2.75, 3.05) is 0 Å². The van der Waals surface area contributed by atoms with Crippen molar-refractivity contribution in [3.63, 3.8) is 0 Å². The van der Waals surface area contributed by atoms with Crippen LogP contribution in [0, 0.1) is 6.92 Å². The van der Waals surface area contributed by atoms with Crippen LogP contribution in [0.1, 0.15) is 40.9 Å². The fraction of sp³-hybridized carbons (Fsp3) is 0.375. The minimum Gasteiger partial charge on any atom is -0.362 e. The van der Waals surface area contributed by atoms with E-state index in [0.29, 0.717) is 5.41 Å². The molecule has 1 saturated carbocycles. The third-order valence-electron chi connectivity index (χ3n) is 4.46. The van der Waals surface area contributed by atoms with Gasteiger partial charge in [-0.15, -0.1) is 0 Å². The molecule has 1 aromatic carbocycles. The number of nitrogens with one attached hydrogen (secondary N) is 1. The maximum absolute atomic E-state index is 3.63. The van der Waals surface area contributed by atoms with Crippen LogP contribution in [0.5, 0.6) is 0 Å². The molecule has 1 fully saturated rings. The van der Waals surface area contributed by atoms with Crippen LogP contribution in [-0.2, 0) is 18.3 Å². The minimum atomic E-state index is 0.344. The van der Waals surface area contributed by atoms with E-state index in [9.17, 15) is 0 Å². The molecule has 1 spiro atoms. The van der Waals surface area contributed by atoms with Crippen LogP contribution in [-0.4, -0.2) is 4.98 Å². The highest BCUT2D eigenvalue weighted by Crippen LogP contribution is 2.56. The minimum absolute atomic E-state index is 0.344. The number of fused-ring (bicyclic) bond motifs is 4. The molecule has 0 radical (unpaired) electrons. The largest absolute Gasteiger partial charge is 0.362 e. The predicted octanol–water partition coefficient (Wildman–Crippen LogP) is 3.50. The highest BCUT2D eigenvalue weighted by molar-refractivity contribution is 5.52. The zero-order valence-electron chi connectivity index (χ0n) is 10.2. The Bertz CT molecular complexity index is 587. The number of rotatable bonds is 0. The molecule has 2 aliphatic carbocycles. The van der Waals surface area contributed by atoms with Gasteiger partial charge in [0.25, 0.3) is 0 Å². The van der Waals surface area contributed by atoms with Gasteiger partial charge in [-0.2, -0.15) is 0 Å². The molecule has 0 amide bonds. The molecule has 4 rings (SSSR count). The van der Waals surface area contributed by atoms with Gasteiger partial charge in [-0.25, -0.2) is 0 Å². The molecule has 1 heterocycles. The first-order valence-corrected chi connectivity index (χ1v) is 6.57. The van der Waals surface area contributed by atoms with Gasteiger partial charge < -0.3 is 4.98 Å². The third-order valence-corrected chi connectivity index (χ3v) is 4.46. The van der Waals surface area contributed by atoms with E-state index in [1.54, 1.807) is 16.7 Å². The molecule has 0 unspecified atom stereocenters. The van der Waals surface area contributed by atoms with Crippen molar-refractivity contribution < 1.29 is 0 Å². The van der Waals surface area contributed by atoms with Crippen molar-refractivity contribution in [2.45, 2.75) is 38.0 Å². The first kappa shape index (κ1) is 9.52. The summed E-state index contributed by atoms with van der Waals surface area (Å²) < 4.78 is 0. The monoisotopic (exact) mass is 223 g/mol. The van der Waals surface area contributed by atoms with Crippen LogP contribution in [0.2, 0.25) is 0 Å². The van der Waals surface area contributed by atoms with Crippen molar-refractivity contribution in [1.29, 1.82) is 0 Å². The highest BCUT2D eigenvalue weighted by atomic mass is 14.8. The predicted molar refractivity (Wildman–Crippen MR) is 69.4 cm³/mol. The summed E-state index contributed by atoms with van der Waals surface area (Å²) >= 11 is 0. The van der Waals surface area contributed by atoms with Crippen LogP contribution in [0.3, 0.4) is 0 Å². The quantitative estimate of drug-likeness (QED) is 0.703. The molecular weight excluding hydrogens is 206 g/mol. The maximum atomic E-state index is 3.63. The van der Waals surface area contributed by atoms with E-state index in [1.165, 1.54) is 37.1 Å². The number of aromatic nitrogens is 1. The van der Waals surface area contributed by atoms with Gasteiger partial charge in [0.2, 0.25) is 0 Å². The molecule has 17 heavy (non-hydrogen) atoms. The Morgan fingerprint density at radius 1 is 1.06 bits per heavy atom. The van der Waals surface area contributed by atoms with Crippen molar-refractivity contribution in [3.05, 3.63) is 58.4 Å². The van der Waals surface area contributed by atoms with Gasteiger partial charge >= 0.3 is 0 Å². The molecule has 2 aliphatic rings. The van der Waals surface area contributed by atoms with Gasteiger partial charge in [-0.1, -0.05) is 24.3 Å². The van der Waals surface area contributed by atoms with E-state index < -0.39 is 0 Å². The lowest BCUT2D eigenvalue weighted by atomic mass is 9.89. The summed E-state index contributed by atoms with van der Waals surface area (Å²) in [7, 11) is 0. The summed E-state index contributed by atoms with van der Waals surface area (Å²) in [6.07, 6.45) is 5.02. The molecule has 86 valence electrons. The number of aromatic amines is 1. The molecule has 0 saturated heterocycles. The fourth-order valence-electron chi connectivity index (χ4n) is 3.52. The first-order chi connectivity index (χ1) is 8.29. The summed E-state index contributed by atoms with van der Waals surface area (Å²) in [5.41, 5.74) is 7.88. The molecule has 0 bridgehead atoms. The van der Waals surface area contributed by atoms with E-state index >= 15 is 0 Å². The lowest BCUT2D eigenvalue weighted by molar-refractivity contribution is 0.802. The van der Waals surface area contributed by atoms with Gasteiger partial charge in [0.05, 0.1) is 0 Å². The molecular formula is C16H17N. The summed E-state index contributed by atoms with van der Waals surface area (Å²) in [6.45, 7) is 2.18. The number of aryl methyl sites for hydroxylation is 3. The zero-order chi connectivity index (χ0) is 11.5. The standard InChI is InChI=1S/C16H17N/c1-11-10-13-7-6-12-4-2-3-5-14(12)16(8-9-16)15(13)17-11/h2-5,10,17H,6-9H2,1H3. The van der Waals surface area contributed by atoms with E-state index in [2.05, 4.69) is 42.2 Å². The molecule has 0 atom stereocenters. The Morgan fingerprint density at radius 3 is 2.65 bits per heavy atom. The van der Waals surface area contributed by atoms with Crippen LogP contribution in [0.15, 0.2) is 30.3 Å². The van der Waals surface area contributed by atoms with Gasteiger partial charge in [0.15, 0.2) is 0 Å². The molecule has 1 heteroatoms. The first-order valence-electron chi connectivity index (χ1n) is 6.57. The second-order valence-corrected chi connectivity index (χ2v) is 5.59. The smallest absolute Gasteiger partial charge is 0.0359 e. The Balaban J connectivity index is 1.99. The van der Waals surface area contributed by atoms with Crippen LogP contribution < -0.4 is 0 Å². The Hall–Kier alpha value is -1.50. The van der Waals surface area contributed by atoms with Crippen molar-refractivity contribution in [3.8, 4) is 0 Å². The lowest BCUT2D eigenvalue weighted by Gasteiger charge is -2.16. The van der Waals surface area contributed by atoms with E-state index in [4.69, 9.17) is 0 Å². The summed E-state index contributed by atoms with van der Waals surface area (Å²) in [5.74, 6) is 0. The van der Waals surface area contributed by atoms with Crippen LogP contribution in [0.25, 0.3) is 0 Å². The Labute approximate surface area is 102 Å². The van der Waals surface area contributed by atoms with Crippen molar-refractivity contribution >= 4 is 0 Å². The number of hydrogen-bond donors (Lipinski definition) is 1. The second-order valence-electron chi connectivity index (χ2n) is 5.59. The lowest BCUT2D eigenvalue weighted by Crippen LogP contribution is -2.11. The number of H-pyrrole nitrogens is 1.